The van der Waals surface area contributed by atoms with Crippen molar-refractivity contribution in [3.05, 3.63) is 71.8 Å². The molecule has 0 aliphatic carbocycles. The van der Waals surface area contributed by atoms with Gasteiger partial charge in [0.1, 0.15) is 0 Å². The normalized spacial score (nSPS) is 13.7. The smallest absolute Gasteiger partial charge is 0.0156 e. The molecule has 0 spiro atoms. The van der Waals surface area contributed by atoms with E-state index < -0.39 is 0 Å². The van der Waals surface area contributed by atoms with Gasteiger partial charge in [-0.05, 0) is 42.2 Å². The second kappa shape index (κ2) is 9.46. The lowest BCUT2D eigenvalue weighted by molar-refractivity contribution is 0.467. The van der Waals surface area contributed by atoms with Crippen molar-refractivity contribution >= 4 is 0 Å². The van der Waals surface area contributed by atoms with E-state index in [0.29, 0.717) is 11.8 Å². The van der Waals surface area contributed by atoms with Gasteiger partial charge < -0.3 is 0 Å². The lowest BCUT2D eigenvalue weighted by atomic mass is 9.80. The van der Waals surface area contributed by atoms with Crippen molar-refractivity contribution in [3.63, 3.8) is 0 Å². The van der Waals surface area contributed by atoms with Gasteiger partial charge in [0.25, 0.3) is 0 Å². The second-order valence-electron chi connectivity index (χ2n) is 6.38. The van der Waals surface area contributed by atoms with Crippen molar-refractivity contribution in [1.29, 1.82) is 0 Å². The van der Waals surface area contributed by atoms with Crippen LogP contribution < -0.4 is 0 Å². The predicted octanol–water partition coefficient (Wildman–Crippen LogP) is 6.93. The summed E-state index contributed by atoms with van der Waals surface area (Å²) in [5.41, 5.74) is 3.04. The minimum Gasteiger partial charge on any atom is -0.0654 e. The van der Waals surface area contributed by atoms with Gasteiger partial charge in [0, 0.05) is 0 Å². The van der Waals surface area contributed by atoms with Crippen molar-refractivity contribution in [2.75, 3.05) is 0 Å². The highest BCUT2D eigenvalue weighted by atomic mass is 14.2. The van der Waals surface area contributed by atoms with Gasteiger partial charge in [-0.15, -0.1) is 0 Å². The summed E-state index contributed by atoms with van der Waals surface area (Å²) in [4.78, 5) is 0. The highest BCUT2D eigenvalue weighted by molar-refractivity contribution is 5.23. The zero-order valence-electron chi connectivity index (χ0n) is 14.2. The summed E-state index contributed by atoms with van der Waals surface area (Å²) in [6, 6.07) is 22.2. The largest absolute Gasteiger partial charge is 0.0654 e. The molecule has 118 valence electrons. The monoisotopic (exact) mass is 294 g/mol. The molecule has 2 unspecified atom stereocenters. The zero-order valence-corrected chi connectivity index (χ0v) is 14.2. The van der Waals surface area contributed by atoms with Crippen LogP contribution in [0, 0.1) is 0 Å². The fraction of sp³-hybridized carbons (Fsp3) is 0.455. The molecule has 0 heteroatoms. The predicted molar refractivity (Wildman–Crippen MR) is 97.4 cm³/mol. The van der Waals surface area contributed by atoms with Crippen LogP contribution in [-0.4, -0.2) is 0 Å². The quantitative estimate of drug-likeness (QED) is 0.470. The average molecular weight is 294 g/mol. The molecule has 0 N–H and O–H groups in total. The third-order valence-corrected chi connectivity index (χ3v) is 4.65. The first-order chi connectivity index (χ1) is 10.8. The molecule has 0 heterocycles. The van der Waals surface area contributed by atoms with Crippen LogP contribution in [-0.2, 0) is 0 Å². The van der Waals surface area contributed by atoms with Gasteiger partial charge in [0.05, 0.1) is 0 Å². The summed E-state index contributed by atoms with van der Waals surface area (Å²) in [7, 11) is 0. The van der Waals surface area contributed by atoms with Crippen molar-refractivity contribution in [2.24, 2.45) is 0 Å². The molecule has 22 heavy (non-hydrogen) atoms. The molecule has 0 aromatic heterocycles. The number of hydrogen-bond acceptors (Lipinski definition) is 0. The van der Waals surface area contributed by atoms with Gasteiger partial charge in [-0.25, -0.2) is 0 Å². The van der Waals surface area contributed by atoms with Crippen molar-refractivity contribution < 1.29 is 0 Å². The van der Waals surface area contributed by atoms with E-state index in [1.54, 1.807) is 0 Å². The Bertz CT molecular complexity index is 500. The minimum atomic E-state index is 0.688. The number of hydrogen-bond donors (Lipinski definition) is 0. The second-order valence-corrected chi connectivity index (χ2v) is 6.38. The lowest BCUT2D eigenvalue weighted by Gasteiger charge is -2.24. The molecule has 2 atom stereocenters. The Labute approximate surface area is 136 Å². The van der Waals surface area contributed by atoms with Crippen LogP contribution in [0.4, 0.5) is 0 Å². The van der Waals surface area contributed by atoms with E-state index in [2.05, 4.69) is 74.5 Å². The molecule has 2 aromatic carbocycles. The maximum atomic E-state index is 2.31. The van der Waals surface area contributed by atoms with Gasteiger partial charge >= 0.3 is 0 Å². The van der Waals surface area contributed by atoms with E-state index in [-0.39, 0.29) is 0 Å². The third kappa shape index (κ3) is 5.02. The SMILES string of the molecule is CCCCC(CC(CCC)c1ccccc1)c1ccccc1. The first-order valence-corrected chi connectivity index (χ1v) is 8.95. The van der Waals surface area contributed by atoms with E-state index >= 15 is 0 Å². The maximum absolute atomic E-state index is 2.31. The molecule has 0 saturated carbocycles. The standard InChI is InChI=1S/C22H30/c1-3-5-13-22(20-16-10-7-11-17-20)18-21(12-4-2)19-14-8-6-9-15-19/h6-11,14-17,21-22H,3-5,12-13,18H2,1-2H3. The van der Waals surface area contributed by atoms with Gasteiger partial charge in [0.2, 0.25) is 0 Å². The first-order valence-electron chi connectivity index (χ1n) is 8.95. The summed E-state index contributed by atoms with van der Waals surface area (Å²) in [5, 5.41) is 0. The summed E-state index contributed by atoms with van der Waals surface area (Å²) < 4.78 is 0. The zero-order chi connectivity index (χ0) is 15.6. The van der Waals surface area contributed by atoms with Gasteiger partial charge in [-0.1, -0.05) is 93.8 Å². The highest BCUT2D eigenvalue weighted by Gasteiger charge is 2.18. The van der Waals surface area contributed by atoms with E-state index in [0.717, 1.165) is 0 Å². The van der Waals surface area contributed by atoms with Gasteiger partial charge in [-0.2, -0.15) is 0 Å². The summed E-state index contributed by atoms with van der Waals surface area (Å²) in [5.74, 6) is 1.38. The van der Waals surface area contributed by atoms with Crippen molar-refractivity contribution in [3.8, 4) is 0 Å². The van der Waals surface area contributed by atoms with Crippen molar-refractivity contribution in [2.45, 2.75) is 64.2 Å². The van der Waals surface area contributed by atoms with E-state index in [9.17, 15) is 0 Å². The van der Waals surface area contributed by atoms with Crippen LogP contribution in [0.15, 0.2) is 60.7 Å². The Kier molecular flexibility index (Phi) is 7.22. The molecule has 0 nitrogen and oxygen atoms in total. The van der Waals surface area contributed by atoms with Gasteiger partial charge in [-0.3, -0.25) is 0 Å². The Morgan fingerprint density at radius 2 is 1.14 bits per heavy atom. The van der Waals surface area contributed by atoms with Crippen LogP contribution >= 0.6 is 0 Å². The number of unbranched alkanes of at least 4 members (excludes halogenated alkanes) is 1. The summed E-state index contributed by atoms with van der Waals surface area (Å²) in [6.07, 6.45) is 7.75. The summed E-state index contributed by atoms with van der Waals surface area (Å²) >= 11 is 0. The molecule has 0 aliphatic heterocycles. The third-order valence-electron chi connectivity index (χ3n) is 4.65. The van der Waals surface area contributed by atoms with Crippen LogP contribution in [0.25, 0.3) is 0 Å². The van der Waals surface area contributed by atoms with Crippen LogP contribution in [0.3, 0.4) is 0 Å². The van der Waals surface area contributed by atoms with Gasteiger partial charge in [0.15, 0.2) is 0 Å². The van der Waals surface area contributed by atoms with E-state index in [1.807, 2.05) is 0 Å². The minimum absolute atomic E-state index is 0.688. The summed E-state index contributed by atoms with van der Waals surface area (Å²) in [6.45, 7) is 4.60. The molecule has 0 aliphatic rings. The average Bonchev–Trinajstić information content (AvgIpc) is 2.59. The van der Waals surface area contributed by atoms with Crippen molar-refractivity contribution in [1.82, 2.24) is 0 Å². The lowest BCUT2D eigenvalue weighted by Crippen LogP contribution is -2.07. The Morgan fingerprint density at radius 1 is 0.636 bits per heavy atom. The first kappa shape index (κ1) is 16.8. The molecule has 0 radical (unpaired) electrons. The fourth-order valence-electron chi connectivity index (χ4n) is 3.43. The fourth-order valence-corrected chi connectivity index (χ4v) is 3.43. The molecule has 0 saturated heterocycles. The Hall–Kier alpha value is -1.56. The van der Waals surface area contributed by atoms with Crippen LogP contribution in [0.5, 0.6) is 0 Å². The topological polar surface area (TPSA) is 0 Å². The van der Waals surface area contributed by atoms with Crippen LogP contribution in [0.2, 0.25) is 0 Å². The molecule has 0 fully saturated rings. The molecule has 0 bridgehead atoms. The molecule has 2 rings (SSSR count). The Morgan fingerprint density at radius 3 is 1.59 bits per heavy atom. The molecular weight excluding hydrogens is 264 g/mol. The number of benzene rings is 2. The molecule has 0 amide bonds. The number of rotatable bonds is 9. The Balaban J connectivity index is 2.15. The van der Waals surface area contributed by atoms with E-state index in [1.165, 1.54) is 49.7 Å². The molecule has 2 aromatic rings. The highest BCUT2D eigenvalue weighted by Crippen LogP contribution is 2.35. The van der Waals surface area contributed by atoms with E-state index in [4.69, 9.17) is 0 Å². The van der Waals surface area contributed by atoms with Crippen LogP contribution in [0.1, 0.15) is 75.3 Å². The molecular formula is C22H30. The maximum Gasteiger partial charge on any atom is -0.0156 e.